The Morgan fingerprint density at radius 2 is 1.48 bits per heavy atom. The standard InChI is InChI=1S/C26H29N5/c1-2-10-24(11-3-1)30-16-14-29(15-17-30)21-23-9-5-4-8-22(23)18-27-19-25-20-28-26-12-6-7-13-31(25)26/h1-13,20,27H,14-19,21H2. The molecule has 0 bridgehead atoms. The van der Waals surface area contributed by atoms with E-state index in [9.17, 15) is 0 Å². The molecular formula is C26H29N5. The quantitative estimate of drug-likeness (QED) is 0.500. The van der Waals surface area contributed by atoms with E-state index in [-0.39, 0.29) is 0 Å². The monoisotopic (exact) mass is 411 g/mol. The van der Waals surface area contributed by atoms with Gasteiger partial charge in [-0.05, 0) is 35.4 Å². The van der Waals surface area contributed by atoms with Crippen LogP contribution < -0.4 is 10.2 Å². The van der Waals surface area contributed by atoms with Gasteiger partial charge < -0.3 is 14.6 Å². The lowest BCUT2D eigenvalue weighted by Crippen LogP contribution is -2.46. The third kappa shape index (κ3) is 4.63. The molecule has 4 aromatic rings. The molecule has 0 aliphatic carbocycles. The first-order valence-electron chi connectivity index (χ1n) is 11.1. The fourth-order valence-electron chi connectivity index (χ4n) is 4.37. The van der Waals surface area contributed by atoms with Gasteiger partial charge in [-0.15, -0.1) is 0 Å². The summed E-state index contributed by atoms with van der Waals surface area (Å²) in [6.07, 6.45) is 4.03. The Morgan fingerprint density at radius 3 is 2.32 bits per heavy atom. The summed E-state index contributed by atoms with van der Waals surface area (Å²) < 4.78 is 2.14. The highest BCUT2D eigenvalue weighted by molar-refractivity contribution is 5.46. The molecule has 0 radical (unpaired) electrons. The average molecular weight is 412 g/mol. The SMILES string of the molecule is c1ccc(N2CCN(Cc3ccccc3CNCc3cnc4ccccn34)CC2)cc1. The lowest BCUT2D eigenvalue weighted by Gasteiger charge is -2.36. The Kier molecular flexibility index (Phi) is 5.96. The van der Waals surface area contributed by atoms with Gasteiger partial charge in [-0.3, -0.25) is 4.90 Å². The van der Waals surface area contributed by atoms with Crippen molar-refractivity contribution in [3.05, 3.63) is 102 Å². The van der Waals surface area contributed by atoms with E-state index in [0.29, 0.717) is 0 Å². The molecule has 0 spiro atoms. The van der Waals surface area contributed by atoms with Crippen molar-refractivity contribution in [1.29, 1.82) is 0 Å². The molecule has 0 unspecified atom stereocenters. The second-order valence-electron chi connectivity index (χ2n) is 8.15. The van der Waals surface area contributed by atoms with Gasteiger partial charge in [-0.25, -0.2) is 4.98 Å². The van der Waals surface area contributed by atoms with Gasteiger partial charge in [0.05, 0.1) is 11.9 Å². The summed E-state index contributed by atoms with van der Waals surface area (Å²) in [5, 5.41) is 3.61. The maximum absolute atomic E-state index is 4.48. The van der Waals surface area contributed by atoms with E-state index in [1.54, 1.807) is 0 Å². The second kappa shape index (κ2) is 9.33. The van der Waals surface area contributed by atoms with Gasteiger partial charge in [0.15, 0.2) is 0 Å². The summed E-state index contributed by atoms with van der Waals surface area (Å²) in [6.45, 7) is 7.03. The number of anilines is 1. The molecule has 0 atom stereocenters. The van der Waals surface area contributed by atoms with E-state index in [4.69, 9.17) is 0 Å². The van der Waals surface area contributed by atoms with Crippen molar-refractivity contribution in [3.63, 3.8) is 0 Å². The molecule has 2 aromatic carbocycles. The second-order valence-corrected chi connectivity index (χ2v) is 8.15. The number of pyridine rings is 1. The van der Waals surface area contributed by atoms with Crippen LogP contribution in [0, 0.1) is 0 Å². The molecule has 1 aliphatic rings. The predicted octanol–water partition coefficient (Wildman–Crippen LogP) is 3.95. The van der Waals surface area contributed by atoms with Crippen molar-refractivity contribution in [2.75, 3.05) is 31.1 Å². The molecule has 0 saturated carbocycles. The van der Waals surface area contributed by atoms with Crippen LogP contribution in [0.3, 0.4) is 0 Å². The lowest BCUT2D eigenvalue weighted by atomic mass is 10.1. The van der Waals surface area contributed by atoms with Crippen molar-refractivity contribution in [2.45, 2.75) is 19.6 Å². The highest BCUT2D eigenvalue weighted by Gasteiger charge is 2.18. The van der Waals surface area contributed by atoms with Gasteiger partial charge in [-0.1, -0.05) is 48.5 Å². The molecule has 2 aromatic heterocycles. The maximum atomic E-state index is 4.48. The van der Waals surface area contributed by atoms with E-state index in [2.05, 4.69) is 85.3 Å². The van der Waals surface area contributed by atoms with Gasteiger partial charge >= 0.3 is 0 Å². The van der Waals surface area contributed by atoms with E-state index >= 15 is 0 Å². The third-order valence-electron chi connectivity index (χ3n) is 6.12. The Bertz CT molecular complexity index is 1110. The van der Waals surface area contributed by atoms with Gasteiger partial charge in [0.2, 0.25) is 0 Å². The zero-order valence-corrected chi connectivity index (χ0v) is 17.8. The highest BCUT2D eigenvalue weighted by Crippen LogP contribution is 2.18. The number of piperazine rings is 1. The predicted molar refractivity (Wildman–Crippen MR) is 126 cm³/mol. The number of aromatic nitrogens is 2. The van der Waals surface area contributed by atoms with Gasteiger partial charge in [-0.2, -0.15) is 0 Å². The fourth-order valence-corrected chi connectivity index (χ4v) is 4.37. The number of hydrogen-bond donors (Lipinski definition) is 1. The lowest BCUT2D eigenvalue weighted by molar-refractivity contribution is 0.249. The topological polar surface area (TPSA) is 35.8 Å². The van der Waals surface area contributed by atoms with E-state index in [1.807, 2.05) is 24.4 Å². The Balaban J connectivity index is 1.17. The summed E-state index contributed by atoms with van der Waals surface area (Å²) >= 11 is 0. The van der Waals surface area contributed by atoms with Crippen LogP contribution in [0.1, 0.15) is 16.8 Å². The van der Waals surface area contributed by atoms with Crippen LogP contribution in [-0.2, 0) is 19.6 Å². The maximum Gasteiger partial charge on any atom is 0.136 e. The van der Waals surface area contributed by atoms with Crippen LogP contribution in [0.25, 0.3) is 5.65 Å². The van der Waals surface area contributed by atoms with Crippen LogP contribution in [-0.4, -0.2) is 40.5 Å². The minimum Gasteiger partial charge on any atom is -0.369 e. The van der Waals surface area contributed by atoms with E-state index < -0.39 is 0 Å². The number of benzene rings is 2. The molecule has 3 heterocycles. The van der Waals surface area contributed by atoms with Gasteiger partial charge in [0.25, 0.3) is 0 Å². The number of hydrogen-bond acceptors (Lipinski definition) is 4. The molecule has 1 fully saturated rings. The van der Waals surface area contributed by atoms with Crippen molar-refractivity contribution in [1.82, 2.24) is 19.6 Å². The van der Waals surface area contributed by atoms with E-state index in [0.717, 1.165) is 51.5 Å². The smallest absolute Gasteiger partial charge is 0.136 e. The molecule has 5 rings (SSSR count). The largest absolute Gasteiger partial charge is 0.369 e. The molecule has 31 heavy (non-hydrogen) atoms. The minimum absolute atomic E-state index is 0.801. The van der Waals surface area contributed by atoms with Crippen molar-refractivity contribution in [2.24, 2.45) is 0 Å². The van der Waals surface area contributed by atoms with Crippen LogP contribution in [0.5, 0.6) is 0 Å². The number of rotatable bonds is 7. The summed E-state index contributed by atoms with van der Waals surface area (Å²) in [6, 6.07) is 25.7. The average Bonchev–Trinajstić information content (AvgIpc) is 3.24. The number of para-hydroxylation sites is 1. The summed E-state index contributed by atoms with van der Waals surface area (Å²) in [5.41, 5.74) is 6.31. The Labute approximate surface area is 184 Å². The summed E-state index contributed by atoms with van der Waals surface area (Å²) in [4.78, 5) is 9.54. The summed E-state index contributed by atoms with van der Waals surface area (Å²) in [7, 11) is 0. The fraction of sp³-hybridized carbons (Fsp3) is 0.269. The normalized spacial score (nSPS) is 14.9. The van der Waals surface area contributed by atoms with Crippen LogP contribution in [0.2, 0.25) is 0 Å². The van der Waals surface area contributed by atoms with Crippen molar-refractivity contribution < 1.29 is 0 Å². The zero-order valence-electron chi connectivity index (χ0n) is 17.8. The third-order valence-corrected chi connectivity index (χ3v) is 6.12. The Morgan fingerprint density at radius 1 is 0.742 bits per heavy atom. The zero-order chi connectivity index (χ0) is 20.9. The van der Waals surface area contributed by atoms with Crippen LogP contribution in [0.15, 0.2) is 85.2 Å². The van der Waals surface area contributed by atoms with Gasteiger partial charge in [0.1, 0.15) is 5.65 Å². The first kappa shape index (κ1) is 19.8. The first-order valence-corrected chi connectivity index (χ1v) is 11.1. The minimum atomic E-state index is 0.801. The number of imidazole rings is 1. The first-order chi connectivity index (χ1) is 15.4. The number of nitrogens with one attached hydrogen (secondary N) is 1. The molecule has 1 N–H and O–H groups in total. The van der Waals surface area contributed by atoms with Crippen LogP contribution in [0.4, 0.5) is 5.69 Å². The molecule has 1 aliphatic heterocycles. The molecular weight excluding hydrogens is 382 g/mol. The van der Waals surface area contributed by atoms with Crippen LogP contribution >= 0.6 is 0 Å². The van der Waals surface area contributed by atoms with E-state index in [1.165, 1.54) is 22.5 Å². The molecule has 1 saturated heterocycles. The van der Waals surface area contributed by atoms with Crippen molar-refractivity contribution in [3.8, 4) is 0 Å². The molecule has 0 amide bonds. The Hall–Kier alpha value is -3.15. The highest BCUT2D eigenvalue weighted by atomic mass is 15.3. The number of fused-ring (bicyclic) bond motifs is 1. The molecule has 5 heteroatoms. The van der Waals surface area contributed by atoms with Gasteiger partial charge in [0, 0.05) is 57.7 Å². The van der Waals surface area contributed by atoms with Crippen molar-refractivity contribution >= 4 is 11.3 Å². The molecule has 158 valence electrons. The molecule has 5 nitrogen and oxygen atoms in total. The summed E-state index contributed by atoms with van der Waals surface area (Å²) in [5.74, 6) is 0. The number of nitrogens with zero attached hydrogens (tertiary/aromatic N) is 4.